The van der Waals surface area contributed by atoms with Crippen LogP contribution in [0.15, 0.2) is 18.2 Å². The number of anilines is 1. The summed E-state index contributed by atoms with van der Waals surface area (Å²) in [7, 11) is 1.70. The normalized spacial score (nSPS) is 18.6. The van der Waals surface area contributed by atoms with Crippen molar-refractivity contribution in [2.45, 2.75) is 26.3 Å². The second-order valence-electron chi connectivity index (χ2n) is 5.47. The average Bonchev–Trinajstić information content (AvgIpc) is 2.52. The van der Waals surface area contributed by atoms with Crippen LogP contribution >= 0.6 is 11.6 Å². The van der Waals surface area contributed by atoms with Gasteiger partial charge in [-0.15, -0.1) is 0 Å². The Morgan fingerprint density at radius 3 is 2.95 bits per heavy atom. The zero-order chi connectivity index (χ0) is 15.2. The Morgan fingerprint density at radius 1 is 1.48 bits per heavy atom. The average molecular weight is 310 g/mol. The Kier molecular flexibility index (Phi) is 5.88. The van der Waals surface area contributed by atoms with Crippen molar-refractivity contribution in [1.82, 2.24) is 10.6 Å². The number of piperidine rings is 1. The molecule has 2 N–H and O–H groups in total. The fourth-order valence-electron chi connectivity index (χ4n) is 2.80. The number of benzene rings is 1. The molecule has 0 saturated carbocycles. The SMILES string of the molecule is CCNCc1ccc(N2CCCC(C(=O)NC)C2)c(Cl)c1. The minimum absolute atomic E-state index is 0.0567. The minimum Gasteiger partial charge on any atom is -0.370 e. The second kappa shape index (κ2) is 7.66. The topological polar surface area (TPSA) is 44.4 Å². The van der Waals surface area contributed by atoms with Gasteiger partial charge in [-0.05, 0) is 37.1 Å². The van der Waals surface area contributed by atoms with Crippen LogP contribution in [0.3, 0.4) is 0 Å². The lowest BCUT2D eigenvalue weighted by molar-refractivity contribution is -0.124. The van der Waals surface area contributed by atoms with Gasteiger partial charge in [0, 0.05) is 26.7 Å². The summed E-state index contributed by atoms with van der Waals surface area (Å²) in [6, 6.07) is 6.19. The van der Waals surface area contributed by atoms with Crippen LogP contribution in [0.5, 0.6) is 0 Å². The summed E-state index contributed by atoms with van der Waals surface area (Å²) in [4.78, 5) is 14.0. The third kappa shape index (κ3) is 4.11. The van der Waals surface area contributed by atoms with Gasteiger partial charge in [0.25, 0.3) is 0 Å². The summed E-state index contributed by atoms with van der Waals surface area (Å²) < 4.78 is 0. The first kappa shape index (κ1) is 16.1. The van der Waals surface area contributed by atoms with Crippen LogP contribution in [0.2, 0.25) is 5.02 Å². The van der Waals surface area contributed by atoms with Gasteiger partial charge in [-0.1, -0.05) is 24.6 Å². The molecule has 1 amide bonds. The lowest BCUT2D eigenvalue weighted by atomic mass is 9.96. The number of carbonyl (C=O) groups excluding carboxylic acids is 1. The van der Waals surface area contributed by atoms with Crippen molar-refractivity contribution < 1.29 is 4.79 Å². The van der Waals surface area contributed by atoms with Gasteiger partial charge < -0.3 is 15.5 Å². The van der Waals surface area contributed by atoms with Gasteiger partial charge in [-0.25, -0.2) is 0 Å². The van der Waals surface area contributed by atoms with E-state index in [0.717, 1.165) is 49.7 Å². The molecule has 1 aromatic rings. The molecule has 0 aromatic heterocycles. The number of nitrogens with one attached hydrogen (secondary N) is 2. The molecule has 0 bridgehead atoms. The Bertz CT molecular complexity index is 492. The molecule has 0 aliphatic carbocycles. The van der Waals surface area contributed by atoms with Gasteiger partial charge in [0.2, 0.25) is 5.91 Å². The Labute approximate surface area is 131 Å². The van der Waals surface area contributed by atoms with Crippen LogP contribution in [-0.4, -0.2) is 32.6 Å². The molecular formula is C16H24ClN3O. The van der Waals surface area contributed by atoms with Crippen LogP contribution in [0.25, 0.3) is 0 Å². The number of amides is 1. The summed E-state index contributed by atoms with van der Waals surface area (Å²) in [5, 5.41) is 6.81. The first-order chi connectivity index (χ1) is 10.2. The van der Waals surface area contributed by atoms with E-state index in [-0.39, 0.29) is 11.8 Å². The van der Waals surface area contributed by atoms with Crippen molar-refractivity contribution in [3.8, 4) is 0 Å². The summed E-state index contributed by atoms with van der Waals surface area (Å²) in [5.74, 6) is 0.181. The molecule has 0 spiro atoms. The van der Waals surface area contributed by atoms with E-state index in [1.807, 2.05) is 6.07 Å². The third-order valence-corrected chi connectivity index (χ3v) is 4.27. The highest BCUT2D eigenvalue weighted by Crippen LogP contribution is 2.30. The molecule has 1 unspecified atom stereocenters. The van der Waals surface area contributed by atoms with E-state index >= 15 is 0 Å². The molecule has 1 fully saturated rings. The standard InChI is InChI=1S/C16H24ClN3O/c1-3-19-10-12-6-7-15(14(17)9-12)20-8-4-5-13(11-20)16(21)18-2/h6-7,9,13,19H,3-5,8,10-11H2,1-2H3,(H,18,21). The third-order valence-electron chi connectivity index (χ3n) is 3.97. The number of hydrogen-bond acceptors (Lipinski definition) is 3. The van der Waals surface area contributed by atoms with Crippen molar-refractivity contribution in [2.24, 2.45) is 5.92 Å². The molecule has 2 rings (SSSR count). The van der Waals surface area contributed by atoms with E-state index in [1.54, 1.807) is 7.05 Å². The minimum atomic E-state index is 0.0567. The second-order valence-corrected chi connectivity index (χ2v) is 5.87. The van der Waals surface area contributed by atoms with Gasteiger partial charge in [-0.2, -0.15) is 0 Å². The molecule has 0 radical (unpaired) electrons. The molecule has 1 atom stereocenters. The number of carbonyl (C=O) groups is 1. The molecule has 1 aromatic carbocycles. The Balaban J connectivity index is 2.08. The summed E-state index contributed by atoms with van der Waals surface area (Å²) in [6.45, 7) is 5.56. The smallest absolute Gasteiger partial charge is 0.224 e. The van der Waals surface area contributed by atoms with Crippen molar-refractivity contribution >= 4 is 23.2 Å². The van der Waals surface area contributed by atoms with Gasteiger partial charge in [-0.3, -0.25) is 4.79 Å². The molecule has 1 saturated heterocycles. The number of hydrogen-bond donors (Lipinski definition) is 2. The van der Waals surface area contributed by atoms with Gasteiger partial charge in [0.15, 0.2) is 0 Å². The maximum atomic E-state index is 11.8. The Morgan fingerprint density at radius 2 is 2.29 bits per heavy atom. The number of nitrogens with zero attached hydrogens (tertiary/aromatic N) is 1. The van der Waals surface area contributed by atoms with Crippen LogP contribution < -0.4 is 15.5 Å². The number of halogens is 1. The van der Waals surface area contributed by atoms with Gasteiger partial charge >= 0.3 is 0 Å². The molecule has 21 heavy (non-hydrogen) atoms. The van der Waals surface area contributed by atoms with E-state index in [2.05, 4.69) is 34.6 Å². The monoisotopic (exact) mass is 309 g/mol. The quantitative estimate of drug-likeness (QED) is 0.878. The lowest BCUT2D eigenvalue weighted by Crippen LogP contribution is -2.42. The maximum absolute atomic E-state index is 11.8. The molecule has 5 heteroatoms. The molecule has 1 heterocycles. The highest BCUT2D eigenvalue weighted by molar-refractivity contribution is 6.33. The van der Waals surface area contributed by atoms with Gasteiger partial charge in [0.1, 0.15) is 0 Å². The summed E-state index contributed by atoms with van der Waals surface area (Å²) in [6.07, 6.45) is 1.97. The predicted octanol–water partition coefficient (Wildman–Crippen LogP) is 2.41. The van der Waals surface area contributed by atoms with Crippen molar-refractivity contribution in [3.63, 3.8) is 0 Å². The van der Waals surface area contributed by atoms with E-state index in [4.69, 9.17) is 11.6 Å². The Hall–Kier alpha value is -1.26. The maximum Gasteiger partial charge on any atom is 0.224 e. The van der Waals surface area contributed by atoms with E-state index < -0.39 is 0 Å². The number of rotatable bonds is 5. The largest absolute Gasteiger partial charge is 0.370 e. The summed E-state index contributed by atoms with van der Waals surface area (Å²) in [5.41, 5.74) is 2.22. The zero-order valence-electron chi connectivity index (χ0n) is 12.8. The highest BCUT2D eigenvalue weighted by atomic mass is 35.5. The fraction of sp³-hybridized carbons (Fsp3) is 0.562. The first-order valence-corrected chi connectivity index (χ1v) is 7.99. The van der Waals surface area contributed by atoms with E-state index in [0.29, 0.717) is 0 Å². The van der Waals surface area contributed by atoms with Crippen LogP contribution in [0.4, 0.5) is 5.69 Å². The molecular weight excluding hydrogens is 286 g/mol. The molecule has 116 valence electrons. The van der Waals surface area contributed by atoms with E-state index in [9.17, 15) is 4.79 Å². The van der Waals surface area contributed by atoms with Crippen LogP contribution in [0, 0.1) is 5.92 Å². The molecule has 1 aliphatic heterocycles. The van der Waals surface area contributed by atoms with Crippen LogP contribution in [-0.2, 0) is 11.3 Å². The highest BCUT2D eigenvalue weighted by Gasteiger charge is 2.26. The lowest BCUT2D eigenvalue weighted by Gasteiger charge is -2.34. The molecule has 4 nitrogen and oxygen atoms in total. The fourth-order valence-corrected chi connectivity index (χ4v) is 3.12. The molecule has 1 aliphatic rings. The predicted molar refractivity (Wildman–Crippen MR) is 87.8 cm³/mol. The first-order valence-electron chi connectivity index (χ1n) is 7.61. The van der Waals surface area contributed by atoms with Crippen molar-refractivity contribution in [1.29, 1.82) is 0 Å². The summed E-state index contributed by atoms with van der Waals surface area (Å²) >= 11 is 6.43. The van der Waals surface area contributed by atoms with Gasteiger partial charge in [0.05, 0.1) is 16.6 Å². The van der Waals surface area contributed by atoms with E-state index in [1.165, 1.54) is 5.56 Å². The van der Waals surface area contributed by atoms with Crippen molar-refractivity contribution in [2.75, 3.05) is 31.6 Å². The van der Waals surface area contributed by atoms with Crippen LogP contribution in [0.1, 0.15) is 25.3 Å². The van der Waals surface area contributed by atoms with Crippen molar-refractivity contribution in [3.05, 3.63) is 28.8 Å². The zero-order valence-corrected chi connectivity index (χ0v) is 13.5.